The first kappa shape index (κ1) is 17.5. The number of nitrogens with one attached hydrogen (secondary N) is 2. The maximum atomic E-state index is 12.1. The predicted molar refractivity (Wildman–Crippen MR) is 80.2 cm³/mol. The molecular formula is C15H19N3O4. The molecule has 0 bridgehead atoms. The van der Waals surface area contributed by atoms with Crippen molar-refractivity contribution in [1.82, 2.24) is 10.8 Å². The SMILES string of the molecule is CC#CCOc1ccc(C(=O)NC(C(=O)NO)C(C)N)cc1. The van der Waals surface area contributed by atoms with Crippen molar-refractivity contribution in [3.63, 3.8) is 0 Å². The average molecular weight is 305 g/mol. The maximum Gasteiger partial charge on any atom is 0.267 e. The third kappa shape index (κ3) is 5.09. The van der Waals surface area contributed by atoms with E-state index < -0.39 is 23.9 Å². The Morgan fingerprint density at radius 3 is 2.50 bits per heavy atom. The Morgan fingerprint density at radius 1 is 1.36 bits per heavy atom. The van der Waals surface area contributed by atoms with Crippen molar-refractivity contribution in [3.05, 3.63) is 29.8 Å². The zero-order valence-corrected chi connectivity index (χ0v) is 12.4. The van der Waals surface area contributed by atoms with E-state index in [1.54, 1.807) is 38.1 Å². The molecule has 0 aliphatic rings. The van der Waals surface area contributed by atoms with E-state index in [1.807, 2.05) is 0 Å². The number of carbonyl (C=O) groups excluding carboxylic acids is 2. The number of hydrogen-bond donors (Lipinski definition) is 4. The van der Waals surface area contributed by atoms with Crippen LogP contribution >= 0.6 is 0 Å². The van der Waals surface area contributed by atoms with Crippen molar-refractivity contribution < 1.29 is 19.5 Å². The molecule has 7 nitrogen and oxygen atoms in total. The summed E-state index contributed by atoms with van der Waals surface area (Å²) < 4.78 is 5.33. The zero-order valence-electron chi connectivity index (χ0n) is 12.4. The van der Waals surface area contributed by atoms with Gasteiger partial charge in [-0.05, 0) is 38.1 Å². The summed E-state index contributed by atoms with van der Waals surface area (Å²) in [6.07, 6.45) is 0. The topological polar surface area (TPSA) is 114 Å². The zero-order chi connectivity index (χ0) is 16.5. The van der Waals surface area contributed by atoms with Gasteiger partial charge >= 0.3 is 0 Å². The maximum absolute atomic E-state index is 12.1. The molecule has 22 heavy (non-hydrogen) atoms. The standard InChI is InChI=1S/C15H19N3O4/c1-3-4-9-22-12-7-5-11(6-8-12)14(19)17-13(10(2)16)15(20)18-21/h5-8,10,13,21H,9,16H2,1-2H3,(H,17,19)(H,18,20). The molecule has 0 fully saturated rings. The lowest BCUT2D eigenvalue weighted by molar-refractivity contribution is -0.131. The van der Waals surface area contributed by atoms with Gasteiger partial charge in [0.25, 0.3) is 11.8 Å². The van der Waals surface area contributed by atoms with Gasteiger partial charge in [0.1, 0.15) is 18.4 Å². The Kier molecular flexibility index (Phi) is 6.89. The van der Waals surface area contributed by atoms with Gasteiger partial charge < -0.3 is 15.8 Å². The molecule has 2 unspecified atom stereocenters. The lowest BCUT2D eigenvalue weighted by atomic mass is 10.1. The van der Waals surface area contributed by atoms with E-state index in [9.17, 15) is 9.59 Å². The third-order valence-electron chi connectivity index (χ3n) is 2.81. The predicted octanol–water partition coefficient (Wildman–Crippen LogP) is 0.0397. The van der Waals surface area contributed by atoms with Crippen LogP contribution in [0, 0.1) is 11.8 Å². The number of rotatable bonds is 6. The van der Waals surface area contributed by atoms with Crippen LogP contribution in [0.5, 0.6) is 5.75 Å². The fourth-order valence-electron chi connectivity index (χ4n) is 1.62. The van der Waals surface area contributed by atoms with Gasteiger partial charge in [-0.2, -0.15) is 0 Å². The van der Waals surface area contributed by atoms with Gasteiger partial charge in [0.15, 0.2) is 0 Å². The third-order valence-corrected chi connectivity index (χ3v) is 2.81. The largest absolute Gasteiger partial charge is 0.481 e. The Bertz CT molecular complexity index is 573. The smallest absolute Gasteiger partial charge is 0.267 e. The molecule has 0 aliphatic carbocycles. The molecule has 0 saturated heterocycles. The summed E-state index contributed by atoms with van der Waals surface area (Å²) in [5, 5.41) is 11.1. The summed E-state index contributed by atoms with van der Waals surface area (Å²) in [6, 6.07) is 4.66. The van der Waals surface area contributed by atoms with Crippen molar-refractivity contribution >= 4 is 11.8 Å². The van der Waals surface area contributed by atoms with Crippen molar-refractivity contribution in [1.29, 1.82) is 0 Å². The van der Waals surface area contributed by atoms with E-state index in [0.717, 1.165) is 0 Å². The van der Waals surface area contributed by atoms with Gasteiger partial charge in [-0.3, -0.25) is 14.8 Å². The number of benzene rings is 1. The van der Waals surface area contributed by atoms with Crippen molar-refractivity contribution in [2.45, 2.75) is 25.9 Å². The van der Waals surface area contributed by atoms with E-state index in [-0.39, 0.29) is 6.61 Å². The number of ether oxygens (including phenoxy) is 1. The summed E-state index contributed by atoms with van der Waals surface area (Å²) in [4.78, 5) is 23.5. The first-order valence-corrected chi connectivity index (χ1v) is 6.62. The first-order valence-electron chi connectivity index (χ1n) is 6.62. The summed E-state index contributed by atoms with van der Waals surface area (Å²) in [5.74, 6) is 4.79. The molecule has 0 saturated carbocycles. The van der Waals surface area contributed by atoms with E-state index >= 15 is 0 Å². The highest BCUT2D eigenvalue weighted by Gasteiger charge is 2.24. The first-order chi connectivity index (χ1) is 10.5. The Labute approximate surface area is 128 Å². The number of nitrogens with two attached hydrogens (primary N) is 1. The van der Waals surface area contributed by atoms with Crippen molar-refractivity contribution in [2.75, 3.05) is 6.61 Å². The second-order valence-electron chi connectivity index (χ2n) is 4.53. The van der Waals surface area contributed by atoms with Crippen LogP contribution in [0.2, 0.25) is 0 Å². The number of amides is 2. The molecule has 2 amide bonds. The summed E-state index contributed by atoms with van der Waals surface area (Å²) in [7, 11) is 0. The van der Waals surface area contributed by atoms with E-state index in [1.165, 1.54) is 5.48 Å². The minimum atomic E-state index is -1.03. The highest BCUT2D eigenvalue weighted by Crippen LogP contribution is 2.12. The quantitative estimate of drug-likeness (QED) is 0.337. The molecular weight excluding hydrogens is 286 g/mol. The van der Waals surface area contributed by atoms with Gasteiger partial charge in [0.05, 0.1) is 0 Å². The van der Waals surface area contributed by atoms with Crippen LogP contribution in [0.1, 0.15) is 24.2 Å². The van der Waals surface area contributed by atoms with Crippen molar-refractivity contribution in [2.24, 2.45) is 5.73 Å². The van der Waals surface area contributed by atoms with Gasteiger partial charge in [-0.15, -0.1) is 5.92 Å². The minimum absolute atomic E-state index is 0.269. The molecule has 5 N–H and O–H groups in total. The van der Waals surface area contributed by atoms with E-state index in [4.69, 9.17) is 15.7 Å². The highest BCUT2D eigenvalue weighted by atomic mass is 16.5. The normalized spacial score (nSPS) is 12.4. The van der Waals surface area contributed by atoms with E-state index in [0.29, 0.717) is 11.3 Å². The van der Waals surface area contributed by atoms with Crippen LogP contribution in [0.25, 0.3) is 0 Å². The van der Waals surface area contributed by atoms with Crippen LogP contribution in [0.15, 0.2) is 24.3 Å². The molecule has 1 aromatic rings. The molecule has 0 aliphatic heterocycles. The molecule has 2 atom stereocenters. The molecule has 0 radical (unpaired) electrons. The van der Waals surface area contributed by atoms with Crippen LogP contribution < -0.4 is 21.3 Å². The number of carbonyl (C=O) groups is 2. The summed E-state index contributed by atoms with van der Waals surface area (Å²) in [6.45, 7) is 3.53. The monoisotopic (exact) mass is 305 g/mol. The number of hydrogen-bond acceptors (Lipinski definition) is 5. The van der Waals surface area contributed by atoms with Gasteiger partial charge in [-0.25, -0.2) is 5.48 Å². The fraction of sp³-hybridized carbons (Fsp3) is 0.333. The molecule has 7 heteroatoms. The van der Waals surface area contributed by atoms with E-state index in [2.05, 4.69) is 17.2 Å². The Morgan fingerprint density at radius 2 is 2.00 bits per heavy atom. The van der Waals surface area contributed by atoms with Crippen LogP contribution in [-0.4, -0.2) is 35.7 Å². The average Bonchev–Trinajstić information content (AvgIpc) is 2.52. The fourth-order valence-corrected chi connectivity index (χ4v) is 1.62. The second-order valence-corrected chi connectivity index (χ2v) is 4.53. The summed E-state index contributed by atoms with van der Waals surface area (Å²) in [5.41, 5.74) is 7.42. The lowest BCUT2D eigenvalue weighted by Gasteiger charge is -2.20. The second kappa shape index (κ2) is 8.67. The molecule has 1 aromatic carbocycles. The van der Waals surface area contributed by atoms with Crippen LogP contribution in [0.3, 0.4) is 0 Å². The molecule has 1 rings (SSSR count). The van der Waals surface area contributed by atoms with Crippen LogP contribution in [-0.2, 0) is 4.79 Å². The molecule has 0 heterocycles. The number of hydroxylamine groups is 1. The molecule has 0 spiro atoms. The lowest BCUT2D eigenvalue weighted by Crippen LogP contribution is -2.54. The van der Waals surface area contributed by atoms with Gasteiger partial charge in [-0.1, -0.05) is 5.92 Å². The minimum Gasteiger partial charge on any atom is -0.481 e. The van der Waals surface area contributed by atoms with Crippen molar-refractivity contribution in [3.8, 4) is 17.6 Å². The van der Waals surface area contributed by atoms with Gasteiger partial charge in [0, 0.05) is 11.6 Å². The highest BCUT2D eigenvalue weighted by molar-refractivity contribution is 5.97. The summed E-state index contributed by atoms with van der Waals surface area (Å²) >= 11 is 0. The molecule has 118 valence electrons. The van der Waals surface area contributed by atoms with Crippen LogP contribution in [0.4, 0.5) is 0 Å². The Balaban J connectivity index is 2.71. The van der Waals surface area contributed by atoms with Gasteiger partial charge in [0.2, 0.25) is 0 Å². The Hall–Kier alpha value is -2.56. The molecule has 0 aromatic heterocycles.